The first-order chi connectivity index (χ1) is 62.9. The fourth-order valence-electron chi connectivity index (χ4n) is 15.5. The van der Waals surface area contributed by atoms with Crippen molar-refractivity contribution in [1.82, 2.24) is 64.8 Å². The van der Waals surface area contributed by atoms with E-state index in [0.29, 0.717) is 81.8 Å². The third-order valence-electron chi connectivity index (χ3n) is 23.5. The molecule has 5 fully saturated rings. The number of hydrogen-bond donors (Lipinski definition) is 12. The molecule has 5 amide bonds. The zero-order chi connectivity index (χ0) is 90.3. The Morgan fingerprint density at radius 2 is 0.654 bits per heavy atom. The summed E-state index contributed by atoms with van der Waals surface area (Å²) in [5, 5.41) is 41.6. The number of carbonyl (C=O) groups is 5. The molecule has 0 unspecified atom stereocenters. The van der Waals surface area contributed by atoms with Crippen molar-refractivity contribution in [2.45, 2.75) is 71.6 Å². The van der Waals surface area contributed by atoms with Gasteiger partial charge in [-0.2, -0.15) is 10.5 Å². The van der Waals surface area contributed by atoms with Gasteiger partial charge in [-0.05, 0) is 194 Å². The van der Waals surface area contributed by atoms with Crippen molar-refractivity contribution >= 4 is 163 Å². The number of halogens is 2. The van der Waals surface area contributed by atoms with Crippen LogP contribution in [0.4, 0.5) is 67.0 Å². The van der Waals surface area contributed by atoms with Gasteiger partial charge in [0.2, 0.25) is 29.5 Å². The maximum absolute atomic E-state index is 13.0. The number of hydrogen-bond acceptors (Lipinski definition) is 23. The number of nitrogens with one attached hydrogen (secondary N) is 7. The fraction of sp³-hybridized carbons (Fsp3) is 0.184. The van der Waals surface area contributed by atoms with E-state index < -0.39 is 24.2 Å². The van der Waals surface area contributed by atoms with Crippen molar-refractivity contribution in [2.75, 3.05) is 55.3 Å². The molecule has 5 aliphatic rings. The van der Waals surface area contributed by atoms with Crippen LogP contribution in [0.1, 0.15) is 55.2 Å². The van der Waals surface area contributed by atoms with Gasteiger partial charge in [0.1, 0.15) is 70.5 Å². The molecule has 0 bridgehead atoms. The number of H-pyrrole nitrogens is 2. The third-order valence-corrected chi connectivity index (χ3v) is 23.5. The first-order valence-corrected chi connectivity index (χ1v) is 42.0. The second-order valence-corrected chi connectivity index (χ2v) is 32.8. The van der Waals surface area contributed by atoms with Gasteiger partial charge in [-0.3, -0.25) is 29.0 Å². The number of rotatable bonds is 15. The van der Waals surface area contributed by atoms with Gasteiger partial charge < -0.3 is 65.2 Å². The van der Waals surface area contributed by atoms with Crippen LogP contribution in [0.3, 0.4) is 0 Å². The number of nitrogens with two attached hydrogens (primary N) is 5. The summed E-state index contributed by atoms with van der Waals surface area (Å²) in [7, 11) is 0. The Morgan fingerprint density at radius 3 is 0.962 bits per heavy atom. The molecule has 0 saturated heterocycles. The van der Waals surface area contributed by atoms with Crippen LogP contribution in [0.15, 0.2) is 220 Å². The van der Waals surface area contributed by atoms with Crippen LogP contribution in [0, 0.1) is 84.9 Å². The highest BCUT2D eigenvalue weighted by Gasteiger charge is 2.46. The number of aromatic amines is 2. The number of nitrogens with zero attached hydrogens (tertiary/aromatic N) is 13. The molecule has 13 aromatic heterocycles. The number of anilines is 10. The van der Waals surface area contributed by atoms with E-state index in [1.54, 1.807) is 67.6 Å². The summed E-state index contributed by atoms with van der Waals surface area (Å²) >= 11 is 0. The van der Waals surface area contributed by atoms with Crippen LogP contribution in [0.25, 0.3) is 132 Å². The van der Waals surface area contributed by atoms with E-state index >= 15 is 0 Å². The highest BCUT2D eigenvalue weighted by Crippen LogP contribution is 2.43. The largest absolute Gasteiger partial charge is 0.383 e. The van der Waals surface area contributed by atoms with Crippen LogP contribution in [0.5, 0.6) is 0 Å². The molecule has 0 radical (unpaired) electrons. The van der Waals surface area contributed by atoms with Crippen molar-refractivity contribution in [2.24, 2.45) is 41.4 Å². The van der Waals surface area contributed by atoms with Gasteiger partial charge in [0.05, 0.1) is 76.1 Å². The first kappa shape index (κ1) is 84.0. The molecule has 5 saturated carbocycles. The van der Waals surface area contributed by atoms with Crippen molar-refractivity contribution in [3.63, 3.8) is 0 Å². The number of fused-ring (bicyclic) bond motifs is 7. The number of nitriles is 2. The summed E-state index contributed by atoms with van der Waals surface area (Å²) in [5.74, 6) is 1.35. The van der Waals surface area contributed by atoms with Crippen LogP contribution in [-0.4, -0.2) is 107 Å². The smallest absolute Gasteiger partial charge is 0.231 e. The minimum atomic E-state index is -1.03. The van der Waals surface area contributed by atoms with Crippen molar-refractivity contribution in [3.8, 4) is 68.4 Å². The Kier molecular flexibility index (Phi) is 22.8. The molecule has 17 aromatic rings. The minimum Gasteiger partial charge on any atom is -0.383 e. The van der Waals surface area contributed by atoms with Crippen molar-refractivity contribution < 1.29 is 32.8 Å². The van der Waals surface area contributed by atoms with Gasteiger partial charge in [-0.25, -0.2) is 58.6 Å². The number of benzene rings is 4. The Bertz CT molecular complexity index is 7170. The maximum atomic E-state index is 13.0. The highest BCUT2D eigenvalue weighted by atomic mass is 19.1. The molecule has 17 N–H and O–H groups in total. The number of aromatic nitrogens is 13. The predicted octanol–water partition coefficient (Wildman–Crippen LogP) is 16.8. The molecule has 30 nitrogen and oxygen atoms in total. The average molecular weight is 1730 g/mol. The number of pyridine rings is 11. The van der Waals surface area contributed by atoms with Crippen LogP contribution < -0.4 is 55.3 Å². The predicted molar refractivity (Wildman–Crippen MR) is 499 cm³/mol. The molecule has 0 aliphatic heterocycles. The molecule has 644 valence electrons. The Morgan fingerprint density at radius 1 is 0.354 bits per heavy atom. The lowest BCUT2D eigenvalue weighted by Crippen LogP contribution is -2.15. The molecule has 13 heterocycles. The van der Waals surface area contributed by atoms with Crippen LogP contribution in [-0.2, 0) is 24.0 Å². The van der Waals surface area contributed by atoms with Gasteiger partial charge in [0.25, 0.3) is 0 Å². The Balaban J connectivity index is 0.000000110. The summed E-state index contributed by atoms with van der Waals surface area (Å²) in [4.78, 5) is 114. The number of alkyl halides is 2. The number of nitrogen functional groups attached to an aromatic ring is 5. The molecular weight excluding hydrogens is 1650 g/mol. The first-order valence-electron chi connectivity index (χ1n) is 42.0. The van der Waals surface area contributed by atoms with E-state index in [1.165, 1.54) is 0 Å². The molecule has 0 spiro atoms. The summed E-state index contributed by atoms with van der Waals surface area (Å²) in [6.07, 6.45) is 17.0. The maximum Gasteiger partial charge on any atom is 0.231 e. The molecule has 22 rings (SSSR count). The Hall–Kier alpha value is -16.9. The summed E-state index contributed by atoms with van der Waals surface area (Å²) in [6, 6.07) is 56.5. The van der Waals surface area contributed by atoms with Gasteiger partial charge in [0, 0.05) is 138 Å². The van der Waals surface area contributed by atoms with E-state index in [2.05, 4.69) is 104 Å². The van der Waals surface area contributed by atoms with E-state index in [1.807, 2.05) is 173 Å². The lowest BCUT2D eigenvalue weighted by molar-refractivity contribution is -0.118. The quantitative estimate of drug-likeness (QED) is 0.0453. The van der Waals surface area contributed by atoms with Gasteiger partial charge >= 0.3 is 0 Å². The molecule has 130 heavy (non-hydrogen) atoms. The van der Waals surface area contributed by atoms with E-state index in [4.69, 9.17) is 39.2 Å². The second kappa shape index (κ2) is 35.3. The molecule has 32 heteroatoms. The third kappa shape index (κ3) is 18.2. The van der Waals surface area contributed by atoms with E-state index in [0.717, 1.165) is 151 Å². The van der Waals surface area contributed by atoms with Crippen molar-refractivity contribution in [1.29, 1.82) is 10.5 Å². The molecular formula is C98H83F2N25O5. The number of aryl methyl sites for hydroxylation is 3. The zero-order valence-corrected chi connectivity index (χ0v) is 70.2. The molecule has 4 aromatic carbocycles. The summed E-state index contributed by atoms with van der Waals surface area (Å²) in [5.41, 5.74) is 44.6. The van der Waals surface area contributed by atoms with E-state index in [-0.39, 0.29) is 72.0 Å². The van der Waals surface area contributed by atoms with Gasteiger partial charge in [-0.15, -0.1) is 0 Å². The monoisotopic (exact) mass is 1730 g/mol. The van der Waals surface area contributed by atoms with Gasteiger partial charge in [-0.1, -0.05) is 72.8 Å². The highest BCUT2D eigenvalue weighted by molar-refractivity contribution is 6.06. The summed E-state index contributed by atoms with van der Waals surface area (Å²) in [6.45, 7) is 6.03. The van der Waals surface area contributed by atoms with Crippen molar-refractivity contribution in [3.05, 3.63) is 236 Å². The standard InChI is InChI=1S/2C21H16N6O.2C19H17FN4O.C18H17N5O/c2*22-9-12-6-15(12)21(28)27-19-8-11-7-18(26-20(23)16(11)10-25-19)13-2-1-3-17-14(13)4-5-24-17;2*1-10-4-2-3-5-12(10)16-6-11-7-17(22-9-14(11)18(21)23-16)24-19(25)13-8-15(13)20;1-10-4-5-20-8-13(10)15-6-12-7-16(23-18(24)11-2-3-11)21-9-14(12)17(19)22-15/h2*1-5,7-8,10,12,15,24H,6H2,(H2,23,26)(H,25,27,28);2*2-7,9,13,15H,8H2,1H3,(H2,21,23)(H,22,24,25);4-9,11H,2-3H2,1H3,(H2,19,22)(H,21,23,24)/t2*12-,15-;2*13-,15+;/m1010./s1. The second-order valence-electron chi connectivity index (χ2n) is 32.8. The lowest BCUT2D eigenvalue weighted by Gasteiger charge is -2.10. The average Bonchev–Trinajstić information content (AvgIpc) is 1.20. The fourth-order valence-corrected chi connectivity index (χ4v) is 15.5. The lowest BCUT2D eigenvalue weighted by atomic mass is 10.0. The SMILES string of the molecule is Cc1ccccc1-c1cc2cc(NC(=O)[C@@H]3C[C@@H]3F)ncc2c(N)n1.Cc1ccccc1-c1cc2cc(NC(=O)[C@H]3C[C@H]3F)ncc2c(N)n1.Cc1ccncc1-c1cc2cc(NC(=O)C3CC3)ncc2c(N)n1.N#C[C@@H]1C[C@@H]1C(=O)Nc1cc2cc(-c3cccc4[nH]ccc34)nc(N)c2cn1.N#C[C@H]1C[C@H]1C(=O)Nc1cc2cc(-c3cccc4[nH]ccc34)nc(N)c2cn1. The number of carbonyl (C=O) groups excluding carboxylic acids is 5. The topological polar surface area (TPSA) is 497 Å². The molecule has 5 aliphatic carbocycles. The van der Waals surface area contributed by atoms with Gasteiger partial charge in [0.15, 0.2) is 0 Å². The normalized spacial score (nSPS) is 17.7. The van der Waals surface area contributed by atoms with Crippen LogP contribution >= 0.6 is 0 Å². The number of amides is 5. The minimum absolute atomic E-state index is 0.0344. The van der Waals surface area contributed by atoms with E-state index in [9.17, 15) is 32.8 Å². The van der Waals surface area contributed by atoms with Crippen LogP contribution in [0.2, 0.25) is 0 Å². The molecule has 8 atom stereocenters. The zero-order valence-electron chi connectivity index (χ0n) is 70.2. The Labute approximate surface area is 740 Å². The summed E-state index contributed by atoms with van der Waals surface area (Å²) < 4.78 is 26.0.